The van der Waals surface area contributed by atoms with Crippen molar-refractivity contribution in [1.29, 1.82) is 0 Å². The molecule has 1 heterocycles. The Hall–Kier alpha value is -2.37. The molecule has 0 radical (unpaired) electrons. The van der Waals surface area contributed by atoms with Gasteiger partial charge in [-0.15, -0.1) is 0 Å². The quantitative estimate of drug-likeness (QED) is 0.815. The molecule has 1 aromatic rings. The van der Waals surface area contributed by atoms with Crippen LogP contribution in [-0.4, -0.2) is 35.3 Å². The minimum atomic E-state index is -0.993. The van der Waals surface area contributed by atoms with Crippen molar-refractivity contribution in [2.45, 2.75) is 57.0 Å². The number of urea groups is 1. The van der Waals surface area contributed by atoms with E-state index in [1.54, 1.807) is 0 Å². The molecule has 26 heavy (non-hydrogen) atoms. The van der Waals surface area contributed by atoms with E-state index >= 15 is 0 Å². The summed E-state index contributed by atoms with van der Waals surface area (Å²) in [6.07, 6.45) is 5.53. The van der Waals surface area contributed by atoms with Gasteiger partial charge in [0.2, 0.25) is 5.91 Å². The van der Waals surface area contributed by atoms with Crippen LogP contribution < -0.4 is 10.6 Å². The van der Waals surface area contributed by atoms with E-state index in [0.29, 0.717) is 12.3 Å². The second-order valence-corrected chi connectivity index (χ2v) is 7.92. The molecule has 2 aliphatic carbocycles. The first-order valence-electron chi connectivity index (χ1n) is 9.51. The lowest BCUT2D eigenvalue weighted by Crippen LogP contribution is -2.46. The van der Waals surface area contributed by atoms with Crippen LogP contribution in [0.15, 0.2) is 24.3 Å². The molecule has 1 aliphatic heterocycles. The lowest BCUT2D eigenvalue weighted by atomic mass is 9.87. The van der Waals surface area contributed by atoms with E-state index in [4.69, 9.17) is 0 Å². The van der Waals surface area contributed by atoms with E-state index < -0.39 is 11.6 Å². The summed E-state index contributed by atoms with van der Waals surface area (Å²) >= 11 is 0. The summed E-state index contributed by atoms with van der Waals surface area (Å²) in [5.74, 6) is 0.0413. The van der Waals surface area contributed by atoms with Crippen molar-refractivity contribution in [2.75, 3.05) is 6.54 Å². The highest BCUT2D eigenvalue weighted by Crippen LogP contribution is 2.41. The number of hydrogen-bond acceptors (Lipinski definition) is 3. The average Bonchev–Trinajstić information content (AvgIpc) is 3.09. The van der Waals surface area contributed by atoms with Crippen molar-refractivity contribution in [3.63, 3.8) is 0 Å². The fraction of sp³-hybridized carbons (Fsp3) is 0.550. The molecule has 2 fully saturated rings. The van der Waals surface area contributed by atoms with E-state index in [-0.39, 0.29) is 24.4 Å². The van der Waals surface area contributed by atoms with Gasteiger partial charge in [-0.3, -0.25) is 14.5 Å². The molecule has 6 nitrogen and oxygen atoms in total. The van der Waals surface area contributed by atoms with Gasteiger partial charge < -0.3 is 10.6 Å². The molecular formula is C20H25N3O3. The van der Waals surface area contributed by atoms with E-state index in [9.17, 15) is 14.4 Å². The third-order valence-corrected chi connectivity index (χ3v) is 6.03. The van der Waals surface area contributed by atoms with Crippen LogP contribution in [0.1, 0.15) is 50.2 Å². The second-order valence-electron chi connectivity index (χ2n) is 7.92. The standard InChI is InChI=1S/C20H25N3O3/c1-13-5-4-7-15(11-13)21-17(24)12-23-18(25)20(22-19(23)26)10-9-14-6-2-3-8-16(14)20/h2-3,6,8,13,15H,4-5,7,9-12H2,1H3,(H,21,24)(H,22,26). The average molecular weight is 355 g/mol. The summed E-state index contributed by atoms with van der Waals surface area (Å²) in [6.45, 7) is 1.98. The summed E-state index contributed by atoms with van der Waals surface area (Å²) in [6, 6.07) is 7.38. The number of hydrogen-bond donors (Lipinski definition) is 2. The normalized spacial score (nSPS) is 30.4. The lowest BCUT2D eigenvalue weighted by Gasteiger charge is -2.28. The van der Waals surface area contributed by atoms with Crippen LogP contribution in [0.4, 0.5) is 4.79 Å². The first kappa shape index (κ1) is 17.1. The van der Waals surface area contributed by atoms with Crippen LogP contribution in [0.3, 0.4) is 0 Å². The molecular weight excluding hydrogens is 330 g/mol. The zero-order chi connectivity index (χ0) is 18.3. The third kappa shape index (κ3) is 2.77. The Labute approximate surface area is 153 Å². The number of nitrogens with one attached hydrogen (secondary N) is 2. The Morgan fingerprint density at radius 1 is 1.31 bits per heavy atom. The van der Waals surface area contributed by atoms with Gasteiger partial charge in [0.15, 0.2) is 0 Å². The Morgan fingerprint density at radius 2 is 2.12 bits per heavy atom. The van der Waals surface area contributed by atoms with Gasteiger partial charge in [0, 0.05) is 6.04 Å². The molecule has 1 saturated carbocycles. The number of rotatable bonds is 3. The van der Waals surface area contributed by atoms with Crippen LogP contribution in [0.5, 0.6) is 0 Å². The summed E-state index contributed by atoms with van der Waals surface area (Å²) < 4.78 is 0. The number of carbonyl (C=O) groups excluding carboxylic acids is 3. The molecule has 0 bridgehead atoms. The number of amides is 4. The first-order chi connectivity index (χ1) is 12.5. The number of benzene rings is 1. The molecule has 4 amide bonds. The zero-order valence-corrected chi connectivity index (χ0v) is 15.1. The highest BCUT2D eigenvalue weighted by molar-refractivity contribution is 6.09. The highest BCUT2D eigenvalue weighted by Gasteiger charge is 2.55. The van der Waals surface area contributed by atoms with Crippen LogP contribution in [0.25, 0.3) is 0 Å². The second kappa shape index (κ2) is 6.41. The summed E-state index contributed by atoms with van der Waals surface area (Å²) in [5.41, 5.74) is 0.957. The van der Waals surface area contributed by atoms with Gasteiger partial charge in [-0.1, -0.05) is 44.0 Å². The van der Waals surface area contributed by atoms with Crippen molar-refractivity contribution in [3.05, 3.63) is 35.4 Å². The van der Waals surface area contributed by atoms with Crippen molar-refractivity contribution in [3.8, 4) is 0 Å². The Morgan fingerprint density at radius 3 is 2.92 bits per heavy atom. The van der Waals surface area contributed by atoms with E-state index in [1.165, 1.54) is 6.42 Å². The Bertz CT molecular complexity index is 762. The molecule has 3 atom stereocenters. The number of fused-ring (bicyclic) bond motifs is 2. The van der Waals surface area contributed by atoms with Crippen molar-refractivity contribution in [1.82, 2.24) is 15.5 Å². The third-order valence-electron chi connectivity index (χ3n) is 6.03. The Balaban J connectivity index is 1.46. The van der Waals surface area contributed by atoms with Crippen LogP contribution >= 0.6 is 0 Å². The summed E-state index contributed by atoms with van der Waals surface area (Å²) in [4.78, 5) is 39.0. The van der Waals surface area contributed by atoms with E-state index in [1.807, 2.05) is 24.3 Å². The molecule has 3 unspecified atom stereocenters. The first-order valence-corrected chi connectivity index (χ1v) is 9.51. The monoisotopic (exact) mass is 355 g/mol. The van der Waals surface area contributed by atoms with Gasteiger partial charge in [0.25, 0.3) is 5.91 Å². The maximum absolute atomic E-state index is 13.0. The number of aryl methyl sites for hydroxylation is 1. The minimum absolute atomic E-state index is 0.146. The van der Waals surface area contributed by atoms with Crippen molar-refractivity contribution < 1.29 is 14.4 Å². The van der Waals surface area contributed by atoms with Gasteiger partial charge >= 0.3 is 6.03 Å². The topological polar surface area (TPSA) is 78.5 Å². The number of nitrogens with zero attached hydrogens (tertiary/aromatic N) is 1. The van der Waals surface area contributed by atoms with E-state index in [2.05, 4.69) is 17.6 Å². The lowest BCUT2D eigenvalue weighted by molar-refractivity contribution is -0.135. The van der Waals surface area contributed by atoms with E-state index in [0.717, 1.165) is 41.7 Å². The molecule has 3 aliphatic rings. The predicted molar refractivity (Wildman–Crippen MR) is 96.2 cm³/mol. The van der Waals surface area contributed by atoms with Gasteiger partial charge in [-0.25, -0.2) is 4.79 Å². The van der Waals surface area contributed by atoms with Gasteiger partial charge in [0.05, 0.1) is 0 Å². The number of imide groups is 1. The molecule has 1 saturated heterocycles. The summed E-state index contributed by atoms with van der Waals surface area (Å²) in [7, 11) is 0. The zero-order valence-electron chi connectivity index (χ0n) is 15.1. The molecule has 4 rings (SSSR count). The largest absolute Gasteiger partial charge is 0.352 e. The maximum atomic E-state index is 13.0. The maximum Gasteiger partial charge on any atom is 0.325 e. The van der Waals surface area contributed by atoms with Crippen LogP contribution in [-0.2, 0) is 21.5 Å². The van der Waals surface area contributed by atoms with Gasteiger partial charge in [-0.05, 0) is 42.7 Å². The van der Waals surface area contributed by atoms with Crippen molar-refractivity contribution in [2.24, 2.45) is 5.92 Å². The Kier molecular flexibility index (Phi) is 4.21. The van der Waals surface area contributed by atoms with Crippen molar-refractivity contribution >= 4 is 17.8 Å². The molecule has 0 aromatic heterocycles. The molecule has 1 spiro atoms. The molecule has 6 heteroatoms. The smallest absolute Gasteiger partial charge is 0.325 e. The number of carbonyl (C=O) groups is 3. The van der Waals surface area contributed by atoms with Crippen LogP contribution in [0.2, 0.25) is 0 Å². The fourth-order valence-corrected chi connectivity index (χ4v) is 4.72. The molecule has 138 valence electrons. The van der Waals surface area contributed by atoms with Gasteiger partial charge in [-0.2, -0.15) is 0 Å². The van der Waals surface area contributed by atoms with Crippen LogP contribution in [0, 0.1) is 5.92 Å². The molecule has 1 aromatic carbocycles. The summed E-state index contributed by atoms with van der Waals surface area (Å²) in [5, 5.41) is 5.86. The molecule has 2 N–H and O–H groups in total. The fourth-order valence-electron chi connectivity index (χ4n) is 4.72. The van der Waals surface area contributed by atoms with Gasteiger partial charge in [0.1, 0.15) is 12.1 Å². The predicted octanol–water partition coefficient (Wildman–Crippen LogP) is 2.07. The minimum Gasteiger partial charge on any atom is -0.352 e. The highest BCUT2D eigenvalue weighted by atomic mass is 16.2. The SMILES string of the molecule is CC1CCCC(NC(=O)CN2C(=O)NC3(CCc4ccccc43)C2=O)C1.